The van der Waals surface area contributed by atoms with E-state index in [1.807, 2.05) is 32.6 Å². The molecule has 132 valence electrons. The first-order valence-electron chi connectivity index (χ1n) is 9.13. The quantitative estimate of drug-likeness (QED) is 0.864. The number of rotatable bonds is 3. The molecule has 1 aliphatic heterocycles. The molecular weight excluding hydrogens is 290 g/mol. The van der Waals surface area contributed by atoms with E-state index in [9.17, 15) is 9.59 Å². The van der Waals surface area contributed by atoms with Crippen molar-refractivity contribution in [2.75, 3.05) is 26.2 Å². The highest BCUT2D eigenvalue weighted by Crippen LogP contribution is 2.20. The zero-order valence-electron chi connectivity index (χ0n) is 15.2. The largest absolute Gasteiger partial charge is 0.352 e. The third-order valence-electron chi connectivity index (χ3n) is 5.12. The van der Waals surface area contributed by atoms with Gasteiger partial charge in [-0.25, -0.2) is 0 Å². The van der Waals surface area contributed by atoms with Crippen LogP contribution in [0.1, 0.15) is 59.8 Å². The lowest BCUT2D eigenvalue weighted by atomic mass is 9.94. The molecule has 2 aliphatic rings. The van der Waals surface area contributed by atoms with Crippen molar-refractivity contribution in [3.05, 3.63) is 0 Å². The Kier molecular flexibility index (Phi) is 6.06. The van der Waals surface area contributed by atoms with Crippen LogP contribution in [0.15, 0.2) is 0 Å². The fourth-order valence-electron chi connectivity index (χ4n) is 3.52. The van der Waals surface area contributed by atoms with E-state index in [1.165, 1.54) is 19.3 Å². The molecule has 1 aliphatic carbocycles. The number of piperazine rings is 1. The van der Waals surface area contributed by atoms with Gasteiger partial charge in [0.1, 0.15) is 0 Å². The third kappa shape index (κ3) is 4.93. The second-order valence-electron chi connectivity index (χ2n) is 8.10. The van der Waals surface area contributed by atoms with E-state index >= 15 is 0 Å². The average Bonchev–Trinajstić information content (AvgIpc) is 2.53. The summed E-state index contributed by atoms with van der Waals surface area (Å²) < 4.78 is 0. The summed E-state index contributed by atoms with van der Waals surface area (Å²) in [5.41, 5.74) is -0.327. The lowest BCUT2D eigenvalue weighted by Crippen LogP contribution is -2.57. The van der Waals surface area contributed by atoms with Gasteiger partial charge in [-0.05, 0) is 19.8 Å². The summed E-state index contributed by atoms with van der Waals surface area (Å²) in [6.45, 7) is 10.9. The van der Waals surface area contributed by atoms with Crippen LogP contribution in [0.25, 0.3) is 0 Å². The fraction of sp³-hybridized carbons (Fsp3) is 0.889. The van der Waals surface area contributed by atoms with Crippen molar-refractivity contribution < 1.29 is 9.59 Å². The van der Waals surface area contributed by atoms with Gasteiger partial charge in [0.2, 0.25) is 11.8 Å². The van der Waals surface area contributed by atoms with Crippen LogP contribution in [0, 0.1) is 5.41 Å². The maximum absolute atomic E-state index is 12.5. The second kappa shape index (κ2) is 7.65. The molecule has 23 heavy (non-hydrogen) atoms. The summed E-state index contributed by atoms with van der Waals surface area (Å²) in [6, 6.07) is 0.256. The minimum atomic E-state index is -0.327. The van der Waals surface area contributed by atoms with Crippen molar-refractivity contribution in [3.63, 3.8) is 0 Å². The van der Waals surface area contributed by atoms with E-state index in [0.29, 0.717) is 6.04 Å². The Labute approximate surface area is 140 Å². The number of nitrogens with one attached hydrogen (secondary N) is 1. The first kappa shape index (κ1) is 18.2. The monoisotopic (exact) mass is 323 g/mol. The Hall–Kier alpha value is -1.10. The Balaban J connectivity index is 1.79. The smallest absolute Gasteiger partial charge is 0.237 e. The van der Waals surface area contributed by atoms with Crippen LogP contribution < -0.4 is 5.32 Å². The van der Waals surface area contributed by atoms with Crippen LogP contribution in [0.5, 0.6) is 0 Å². The van der Waals surface area contributed by atoms with Gasteiger partial charge in [0.15, 0.2) is 0 Å². The SMILES string of the molecule is C[C@H](C(=O)NC1CCCCC1)N1CCN(C(=O)C(C)(C)C)CC1. The molecule has 0 radical (unpaired) electrons. The summed E-state index contributed by atoms with van der Waals surface area (Å²) in [5.74, 6) is 0.351. The Morgan fingerprint density at radius 3 is 2.09 bits per heavy atom. The van der Waals surface area contributed by atoms with E-state index in [4.69, 9.17) is 0 Å². The van der Waals surface area contributed by atoms with E-state index in [-0.39, 0.29) is 23.3 Å². The number of nitrogens with zero attached hydrogens (tertiary/aromatic N) is 2. The molecule has 2 rings (SSSR count). The van der Waals surface area contributed by atoms with Gasteiger partial charge in [0.05, 0.1) is 6.04 Å². The third-order valence-corrected chi connectivity index (χ3v) is 5.12. The molecule has 0 aromatic rings. The van der Waals surface area contributed by atoms with Gasteiger partial charge in [-0.3, -0.25) is 14.5 Å². The van der Waals surface area contributed by atoms with Gasteiger partial charge in [-0.15, -0.1) is 0 Å². The van der Waals surface area contributed by atoms with Gasteiger partial charge in [-0.2, -0.15) is 0 Å². The molecule has 1 N–H and O–H groups in total. The molecule has 1 saturated carbocycles. The van der Waals surface area contributed by atoms with Crippen molar-refractivity contribution in [2.45, 2.75) is 71.9 Å². The fourth-order valence-corrected chi connectivity index (χ4v) is 3.52. The van der Waals surface area contributed by atoms with Crippen LogP contribution in [0.4, 0.5) is 0 Å². The van der Waals surface area contributed by atoms with Gasteiger partial charge in [0.25, 0.3) is 0 Å². The summed E-state index contributed by atoms with van der Waals surface area (Å²) in [4.78, 5) is 28.9. The molecule has 2 fully saturated rings. The molecule has 5 heteroatoms. The first-order chi connectivity index (χ1) is 10.8. The lowest BCUT2D eigenvalue weighted by molar-refractivity contribution is -0.142. The molecule has 0 spiro atoms. The minimum absolute atomic E-state index is 0.108. The van der Waals surface area contributed by atoms with E-state index in [2.05, 4.69) is 10.2 Å². The molecule has 5 nitrogen and oxygen atoms in total. The Morgan fingerprint density at radius 2 is 1.57 bits per heavy atom. The van der Waals surface area contributed by atoms with Gasteiger partial charge < -0.3 is 10.2 Å². The minimum Gasteiger partial charge on any atom is -0.352 e. The Morgan fingerprint density at radius 1 is 1.00 bits per heavy atom. The molecule has 1 heterocycles. The average molecular weight is 323 g/mol. The summed E-state index contributed by atoms with van der Waals surface area (Å²) >= 11 is 0. The van der Waals surface area contributed by atoms with Crippen LogP contribution >= 0.6 is 0 Å². The van der Waals surface area contributed by atoms with Crippen LogP contribution in [0.2, 0.25) is 0 Å². The molecule has 1 atom stereocenters. The first-order valence-corrected chi connectivity index (χ1v) is 9.13. The van der Waals surface area contributed by atoms with Gasteiger partial charge in [0, 0.05) is 37.6 Å². The molecule has 0 aromatic heterocycles. The highest BCUT2D eigenvalue weighted by Gasteiger charge is 2.32. The maximum atomic E-state index is 12.5. The maximum Gasteiger partial charge on any atom is 0.237 e. The van der Waals surface area contributed by atoms with Crippen LogP contribution in [-0.2, 0) is 9.59 Å². The summed E-state index contributed by atoms with van der Waals surface area (Å²) in [6.07, 6.45) is 5.99. The van der Waals surface area contributed by atoms with Crippen molar-refractivity contribution >= 4 is 11.8 Å². The molecular formula is C18H33N3O2. The zero-order chi connectivity index (χ0) is 17.0. The second-order valence-corrected chi connectivity index (χ2v) is 8.10. The molecule has 0 aromatic carbocycles. The molecule has 2 amide bonds. The Bertz CT molecular complexity index is 416. The van der Waals surface area contributed by atoms with E-state index in [0.717, 1.165) is 39.0 Å². The summed E-state index contributed by atoms with van der Waals surface area (Å²) in [5, 5.41) is 3.21. The number of carbonyl (C=O) groups excluding carboxylic acids is 2. The van der Waals surface area contributed by atoms with Crippen molar-refractivity contribution in [3.8, 4) is 0 Å². The van der Waals surface area contributed by atoms with E-state index in [1.54, 1.807) is 0 Å². The molecule has 1 saturated heterocycles. The van der Waals surface area contributed by atoms with E-state index < -0.39 is 0 Å². The van der Waals surface area contributed by atoms with Gasteiger partial charge >= 0.3 is 0 Å². The number of hydrogen-bond donors (Lipinski definition) is 1. The predicted octanol–water partition coefficient (Wildman–Crippen LogP) is 2.01. The predicted molar refractivity (Wildman–Crippen MR) is 92.1 cm³/mol. The lowest BCUT2D eigenvalue weighted by Gasteiger charge is -2.40. The van der Waals surface area contributed by atoms with Crippen molar-refractivity contribution in [1.82, 2.24) is 15.1 Å². The number of amides is 2. The van der Waals surface area contributed by atoms with Crippen LogP contribution in [-0.4, -0.2) is 59.9 Å². The zero-order valence-corrected chi connectivity index (χ0v) is 15.2. The topological polar surface area (TPSA) is 52.7 Å². The molecule has 0 unspecified atom stereocenters. The highest BCUT2D eigenvalue weighted by molar-refractivity contribution is 5.82. The normalized spacial score (nSPS) is 22.7. The molecule has 0 bridgehead atoms. The van der Waals surface area contributed by atoms with Crippen molar-refractivity contribution in [1.29, 1.82) is 0 Å². The number of hydrogen-bond acceptors (Lipinski definition) is 3. The number of carbonyl (C=O) groups is 2. The van der Waals surface area contributed by atoms with Crippen LogP contribution in [0.3, 0.4) is 0 Å². The highest BCUT2D eigenvalue weighted by atomic mass is 16.2. The van der Waals surface area contributed by atoms with Crippen molar-refractivity contribution in [2.24, 2.45) is 5.41 Å². The van der Waals surface area contributed by atoms with Gasteiger partial charge in [-0.1, -0.05) is 40.0 Å². The summed E-state index contributed by atoms with van der Waals surface area (Å²) in [7, 11) is 0. The standard InChI is InChI=1S/C18H33N3O2/c1-14(16(22)19-15-8-6-5-7-9-15)20-10-12-21(13-11-20)17(23)18(2,3)4/h14-15H,5-13H2,1-4H3,(H,19,22)/t14-/m1/s1.